The van der Waals surface area contributed by atoms with Crippen molar-refractivity contribution in [2.75, 3.05) is 26.4 Å². The Hall–Kier alpha value is -0.900. The van der Waals surface area contributed by atoms with E-state index in [1.165, 1.54) is 5.56 Å². The van der Waals surface area contributed by atoms with Crippen LogP contribution in [0, 0.1) is 11.3 Å². The molecule has 1 saturated heterocycles. The minimum absolute atomic E-state index is 0.0675. The summed E-state index contributed by atoms with van der Waals surface area (Å²) >= 11 is 0. The summed E-state index contributed by atoms with van der Waals surface area (Å²) in [7, 11) is 0. The van der Waals surface area contributed by atoms with Gasteiger partial charge in [-0.1, -0.05) is 44.2 Å². The summed E-state index contributed by atoms with van der Waals surface area (Å²) < 4.78 is 5.23. The molecule has 0 aromatic heterocycles. The molecule has 3 nitrogen and oxygen atoms in total. The molecule has 18 heavy (non-hydrogen) atoms. The van der Waals surface area contributed by atoms with Crippen molar-refractivity contribution in [3.8, 4) is 0 Å². The van der Waals surface area contributed by atoms with E-state index in [-0.39, 0.29) is 12.0 Å². The van der Waals surface area contributed by atoms with Gasteiger partial charge < -0.3 is 15.2 Å². The van der Waals surface area contributed by atoms with Gasteiger partial charge in [0, 0.05) is 12.6 Å². The van der Waals surface area contributed by atoms with Gasteiger partial charge in [-0.15, -0.1) is 0 Å². The van der Waals surface area contributed by atoms with Crippen LogP contribution in [-0.4, -0.2) is 31.5 Å². The van der Waals surface area contributed by atoms with Gasteiger partial charge in [-0.2, -0.15) is 0 Å². The van der Waals surface area contributed by atoms with Gasteiger partial charge in [0.15, 0.2) is 0 Å². The number of hydrogen-bond donors (Lipinski definition) is 2. The second-order valence-electron chi connectivity index (χ2n) is 5.66. The van der Waals surface area contributed by atoms with E-state index in [1.54, 1.807) is 0 Å². The highest BCUT2D eigenvalue weighted by Gasteiger charge is 2.38. The minimum atomic E-state index is -0.0675. The second kappa shape index (κ2) is 5.83. The van der Waals surface area contributed by atoms with Gasteiger partial charge >= 0.3 is 0 Å². The normalized spacial score (nSPS) is 19.6. The molecule has 1 aliphatic heterocycles. The third kappa shape index (κ3) is 2.91. The summed E-state index contributed by atoms with van der Waals surface area (Å²) in [6, 6.07) is 10.8. The quantitative estimate of drug-likeness (QED) is 0.810. The standard InChI is InChI=1S/C15H23NO2/c1-12(2)14(13-6-4-3-5-7-13)16-8-15(9-17)10-18-11-15/h3-7,12,14,16-17H,8-11H2,1-2H3. The van der Waals surface area contributed by atoms with E-state index in [4.69, 9.17) is 4.74 Å². The molecule has 0 radical (unpaired) electrons. The molecule has 1 aromatic carbocycles. The van der Waals surface area contributed by atoms with E-state index in [0.717, 1.165) is 6.54 Å². The highest BCUT2D eigenvalue weighted by Crippen LogP contribution is 2.28. The molecule has 2 N–H and O–H groups in total. The van der Waals surface area contributed by atoms with Gasteiger partial charge in [0.05, 0.1) is 25.2 Å². The second-order valence-corrected chi connectivity index (χ2v) is 5.66. The van der Waals surface area contributed by atoms with E-state index in [9.17, 15) is 5.11 Å². The minimum Gasteiger partial charge on any atom is -0.396 e. The van der Waals surface area contributed by atoms with Crippen LogP contribution >= 0.6 is 0 Å². The van der Waals surface area contributed by atoms with Gasteiger partial charge in [-0.25, -0.2) is 0 Å². The van der Waals surface area contributed by atoms with Gasteiger partial charge in [0.2, 0.25) is 0 Å². The molecular formula is C15H23NO2. The Morgan fingerprint density at radius 2 is 1.94 bits per heavy atom. The first-order chi connectivity index (χ1) is 8.67. The fourth-order valence-electron chi connectivity index (χ4n) is 2.37. The Kier molecular flexibility index (Phi) is 4.38. The number of benzene rings is 1. The molecule has 1 aromatic rings. The van der Waals surface area contributed by atoms with Crippen molar-refractivity contribution in [3.63, 3.8) is 0 Å². The summed E-state index contributed by atoms with van der Waals surface area (Å²) in [5.74, 6) is 0.518. The molecule has 0 aliphatic carbocycles. The molecule has 0 spiro atoms. The van der Waals surface area contributed by atoms with E-state index >= 15 is 0 Å². The van der Waals surface area contributed by atoms with Crippen LogP contribution < -0.4 is 5.32 Å². The van der Waals surface area contributed by atoms with Gasteiger partial charge in [0.25, 0.3) is 0 Å². The lowest BCUT2D eigenvalue weighted by Gasteiger charge is -2.41. The largest absolute Gasteiger partial charge is 0.396 e. The van der Waals surface area contributed by atoms with Crippen molar-refractivity contribution < 1.29 is 9.84 Å². The molecular weight excluding hydrogens is 226 g/mol. The van der Waals surface area contributed by atoms with E-state index < -0.39 is 0 Å². The maximum atomic E-state index is 9.44. The van der Waals surface area contributed by atoms with Crippen molar-refractivity contribution >= 4 is 0 Å². The van der Waals surface area contributed by atoms with E-state index in [1.807, 2.05) is 6.07 Å². The van der Waals surface area contributed by atoms with Crippen LogP contribution in [0.25, 0.3) is 0 Å². The summed E-state index contributed by atoms with van der Waals surface area (Å²) in [6.07, 6.45) is 0. The van der Waals surface area contributed by atoms with Crippen LogP contribution in [0.15, 0.2) is 30.3 Å². The predicted molar refractivity (Wildman–Crippen MR) is 72.4 cm³/mol. The summed E-state index contributed by atoms with van der Waals surface area (Å²) in [5, 5.41) is 13.0. The molecule has 0 amide bonds. The molecule has 2 rings (SSSR count). The number of ether oxygens (including phenoxy) is 1. The van der Waals surface area contributed by atoms with Crippen LogP contribution in [0.5, 0.6) is 0 Å². The average Bonchev–Trinajstić information content (AvgIpc) is 2.33. The lowest BCUT2D eigenvalue weighted by Crippen LogP contribution is -2.53. The van der Waals surface area contributed by atoms with Crippen LogP contribution in [0.2, 0.25) is 0 Å². The van der Waals surface area contributed by atoms with Crippen molar-refractivity contribution in [1.82, 2.24) is 5.32 Å². The third-order valence-corrected chi connectivity index (χ3v) is 3.67. The zero-order chi connectivity index (χ0) is 13.0. The SMILES string of the molecule is CC(C)C(NCC1(CO)COC1)c1ccccc1. The highest BCUT2D eigenvalue weighted by molar-refractivity contribution is 5.19. The predicted octanol–water partition coefficient (Wildman–Crippen LogP) is 1.98. The maximum absolute atomic E-state index is 9.44. The molecule has 1 heterocycles. The van der Waals surface area contributed by atoms with Crippen molar-refractivity contribution in [1.29, 1.82) is 0 Å². The first-order valence-electron chi connectivity index (χ1n) is 6.64. The molecule has 0 bridgehead atoms. The Bertz CT molecular complexity index is 355. The van der Waals surface area contributed by atoms with Crippen LogP contribution in [0.3, 0.4) is 0 Å². The summed E-state index contributed by atoms with van der Waals surface area (Å²) in [4.78, 5) is 0. The van der Waals surface area contributed by atoms with Gasteiger partial charge in [0.1, 0.15) is 0 Å². The fraction of sp³-hybridized carbons (Fsp3) is 0.600. The molecule has 1 aliphatic rings. The Morgan fingerprint density at radius 1 is 1.28 bits per heavy atom. The molecule has 1 atom stereocenters. The lowest BCUT2D eigenvalue weighted by molar-refractivity contribution is -0.135. The van der Waals surface area contributed by atoms with Crippen molar-refractivity contribution in [2.24, 2.45) is 11.3 Å². The van der Waals surface area contributed by atoms with Crippen LogP contribution in [0.1, 0.15) is 25.5 Å². The summed E-state index contributed by atoms with van der Waals surface area (Å²) in [5.41, 5.74) is 1.24. The third-order valence-electron chi connectivity index (χ3n) is 3.67. The molecule has 1 fully saturated rings. The summed E-state index contributed by atoms with van der Waals surface area (Å²) in [6.45, 7) is 6.76. The Labute approximate surface area is 109 Å². The average molecular weight is 249 g/mol. The zero-order valence-corrected chi connectivity index (χ0v) is 11.2. The Balaban J connectivity index is 1.99. The smallest absolute Gasteiger partial charge is 0.0579 e. The molecule has 3 heteroatoms. The number of rotatable bonds is 6. The van der Waals surface area contributed by atoms with Crippen LogP contribution in [0.4, 0.5) is 0 Å². The van der Waals surface area contributed by atoms with E-state index in [0.29, 0.717) is 25.2 Å². The van der Waals surface area contributed by atoms with E-state index in [2.05, 4.69) is 43.4 Å². The van der Waals surface area contributed by atoms with Gasteiger partial charge in [-0.05, 0) is 11.5 Å². The van der Waals surface area contributed by atoms with Crippen molar-refractivity contribution in [3.05, 3.63) is 35.9 Å². The molecule has 1 unspecified atom stereocenters. The Morgan fingerprint density at radius 3 is 2.39 bits per heavy atom. The first kappa shape index (κ1) is 13.5. The number of hydrogen-bond acceptors (Lipinski definition) is 3. The molecule has 0 saturated carbocycles. The fourth-order valence-corrected chi connectivity index (χ4v) is 2.37. The maximum Gasteiger partial charge on any atom is 0.0579 e. The highest BCUT2D eigenvalue weighted by atomic mass is 16.5. The zero-order valence-electron chi connectivity index (χ0n) is 11.2. The number of nitrogens with one attached hydrogen (secondary N) is 1. The number of aliphatic hydroxyl groups excluding tert-OH is 1. The van der Waals surface area contributed by atoms with Gasteiger partial charge in [-0.3, -0.25) is 0 Å². The van der Waals surface area contributed by atoms with Crippen LogP contribution in [-0.2, 0) is 4.74 Å². The topological polar surface area (TPSA) is 41.5 Å². The van der Waals surface area contributed by atoms with Crippen molar-refractivity contribution in [2.45, 2.75) is 19.9 Å². The lowest BCUT2D eigenvalue weighted by atomic mass is 9.85. The first-order valence-corrected chi connectivity index (χ1v) is 6.64. The molecule has 100 valence electrons. The monoisotopic (exact) mass is 249 g/mol. The number of aliphatic hydroxyl groups is 1.